The first kappa shape index (κ1) is 14.2. The van der Waals surface area contributed by atoms with E-state index in [0.717, 1.165) is 19.3 Å². The Bertz CT molecular complexity index is 235. The highest BCUT2D eigenvalue weighted by Crippen LogP contribution is 2.13. The first-order valence-corrected chi connectivity index (χ1v) is 7.41. The molecular weight excluding hydrogens is 220 g/mol. The minimum Gasteiger partial charge on any atom is -0.229 e. The minimum atomic E-state index is -2.87. The summed E-state index contributed by atoms with van der Waals surface area (Å²) in [7, 11) is -2.87. The summed E-state index contributed by atoms with van der Waals surface area (Å²) in [6.07, 6.45) is 3.53. The summed E-state index contributed by atoms with van der Waals surface area (Å²) in [5.41, 5.74) is 0. The van der Waals surface area contributed by atoms with Gasteiger partial charge >= 0.3 is 0 Å². The van der Waals surface area contributed by atoms with Crippen LogP contribution in [0.3, 0.4) is 0 Å². The van der Waals surface area contributed by atoms with E-state index in [2.05, 4.69) is 6.92 Å². The fraction of sp³-hybridized carbons (Fsp3) is 1.00. The van der Waals surface area contributed by atoms with Gasteiger partial charge in [0.1, 0.15) is 0 Å². The van der Waals surface area contributed by atoms with Crippen LogP contribution in [0.15, 0.2) is 0 Å². The zero-order valence-corrected chi connectivity index (χ0v) is 10.9. The molecule has 0 aromatic rings. The molecule has 0 N–H and O–H groups in total. The van der Waals surface area contributed by atoms with E-state index in [4.69, 9.17) is 11.6 Å². The van der Waals surface area contributed by atoms with E-state index in [0.29, 0.717) is 6.42 Å². The highest BCUT2D eigenvalue weighted by Gasteiger charge is 2.16. The number of rotatable bonds is 7. The number of halogens is 1. The van der Waals surface area contributed by atoms with Crippen LogP contribution in [0.5, 0.6) is 0 Å². The standard InChI is InChI=1S/C10H21ClO2S/c1-4-6-10(11)7-5-8-14(12,13)9(2)3/h9-10H,4-8H2,1-3H3. The second-order valence-corrected chi connectivity index (χ2v) is 7.24. The molecule has 0 spiro atoms. The van der Waals surface area contributed by atoms with Gasteiger partial charge in [-0.1, -0.05) is 13.3 Å². The van der Waals surface area contributed by atoms with Crippen LogP contribution in [-0.4, -0.2) is 24.8 Å². The summed E-state index contributed by atoms with van der Waals surface area (Å²) >= 11 is 5.99. The van der Waals surface area contributed by atoms with Crippen LogP contribution in [0.25, 0.3) is 0 Å². The van der Waals surface area contributed by atoms with Crippen LogP contribution in [-0.2, 0) is 9.84 Å². The zero-order valence-electron chi connectivity index (χ0n) is 9.29. The first-order chi connectivity index (χ1) is 6.40. The third kappa shape index (κ3) is 5.86. The normalized spacial score (nSPS) is 14.6. The first-order valence-electron chi connectivity index (χ1n) is 5.25. The maximum atomic E-state index is 11.4. The maximum Gasteiger partial charge on any atom is 0.152 e. The van der Waals surface area contributed by atoms with Crippen molar-refractivity contribution < 1.29 is 8.42 Å². The lowest BCUT2D eigenvalue weighted by molar-refractivity contribution is 0.579. The summed E-state index contributed by atoms with van der Waals surface area (Å²) in [6, 6.07) is 0. The molecule has 0 radical (unpaired) electrons. The molecular formula is C10H21ClO2S. The molecule has 0 rings (SSSR count). The van der Waals surface area contributed by atoms with E-state index >= 15 is 0 Å². The molecule has 0 bridgehead atoms. The number of sulfone groups is 1. The van der Waals surface area contributed by atoms with Crippen LogP contribution in [0.1, 0.15) is 46.5 Å². The molecule has 14 heavy (non-hydrogen) atoms. The van der Waals surface area contributed by atoms with E-state index in [1.54, 1.807) is 13.8 Å². The van der Waals surface area contributed by atoms with Gasteiger partial charge in [0.2, 0.25) is 0 Å². The van der Waals surface area contributed by atoms with Crippen LogP contribution in [0.4, 0.5) is 0 Å². The molecule has 0 aliphatic heterocycles. The van der Waals surface area contributed by atoms with Crippen molar-refractivity contribution in [1.82, 2.24) is 0 Å². The predicted octanol–water partition coefficient (Wildman–Crippen LogP) is 3.00. The summed E-state index contributed by atoms with van der Waals surface area (Å²) < 4.78 is 22.9. The van der Waals surface area contributed by atoms with Crippen LogP contribution >= 0.6 is 11.6 Å². The maximum absolute atomic E-state index is 11.4. The van der Waals surface area contributed by atoms with Gasteiger partial charge in [0.15, 0.2) is 9.84 Å². The van der Waals surface area contributed by atoms with Gasteiger partial charge in [0.05, 0.1) is 11.0 Å². The van der Waals surface area contributed by atoms with Crippen molar-refractivity contribution in [1.29, 1.82) is 0 Å². The van der Waals surface area contributed by atoms with Crippen molar-refractivity contribution in [2.75, 3.05) is 5.75 Å². The van der Waals surface area contributed by atoms with Gasteiger partial charge in [-0.3, -0.25) is 0 Å². The van der Waals surface area contributed by atoms with E-state index < -0.39 is 9.84 Å². The largest absolute Gasteiger partial charge is 0.229 e. The topological polar surface area (TPSA) is 34.1 Å². The quantitative estimate of drug-likeness (QED) is 0.641. The minimum absolute atomic E-state index is 0.141. The molecule has 2 nitrogen and oxygen atoms in total. The second-order valence-electron chi connectivity index (χ2n) is 3.94. The molecule has 86 valence electrons. The van der Waals surface area contributed by atoms with Gasteiger partial charge < -0.3 is 0 Å². The SMILES string of the molecule is CCCC(Cl)CCCS(=O)(=O)C(C)C. The van der Waals surface area contributed by atoms with Crippen molar-refractivity contribution in [3.63, 3.8) is 0 Å². The van der Waals surface area contributed by atoms with E-state index in [1.165, 1.54) is 0 Å². The van der Waals surface area contributed by atoms with Crippen molar-refractivity contribution in [2.45, 2.75) is 57.1 Å². The number of hydrogen-bond donors (Lipinski definition) is 0. The molecule has 0 aromatic carbocycles. The monoisotopic (exact) mass is 240 g/mol. The lowest BCUT2D eigenvalue weighted by atomic mass is 10.2. The number of alkyl halides is 1. The van der Waals surface area contributed by atoms with E-state index in [1.807, 2.05) is 0 Å². The predicted molar refractivity (Wildman–Crippen MR) is 62.7 cm³/mol. The van der Waals surface area contributed by atoms with Gasteiger partial charge in [-0.25, -0.2) is 8.42 Å². The van der Waals surface area contributed by atoms with Crippen LogP contribution in [0, 0.1) is 0 Å². The lowest BCUT2D eigenvalue weighted by Gasteiger charge is -2.09. The fourth-order valence-electron chi connectivity index (χ4n) is 1.20. The average molecular weight is 241 g/mol. The Balaban J connectivity index is 3.74. The molecule has 1 unspecified atom stereocenters. The molecule has 0 aromatic heterocycles. The summed E-state index contributed by atoms with van der Waals surface area (Å²) in [5, 5.41) is -0.121. The van der Waals surface area contributed by atoms with Crippen LogP contribution in [0.2, 0.25) is 0 Å². The summed E-state index contributed by atoms with van der Waals surface area (Å²) in [6.45, 7) is 5.53. The molecule has 4 heteroatoms. The third-order valence-corrected chi connectivity index (χ3v) is 5.00. The van der Waals surface area contributed by atoms with Gasteiger partial charge in [0.25, 0.3) is 0 Å². The molecule has 0 heterocycles. The van der Waals surface area contributed by atoms with E-state index in [9.17, 15) is 8.42 Å². The van der Waals surface area contributed by atoms with Crippen molar-refractivity contribution in [3.05, 3.63) is 0 Å². The summed E-state index contributed by atoms with van der Waals surface area (Å²) in [5.74, 6) is 0.275. The Labute approximate surface area is 93.0 Å². The highest BCUT2D eigenvalue weighted by molar-refractivity contribution is 7.91. The summed E-state index contributed by atoms with van der Waals surface area (Å²) in [4.78, 5) is 0. The van der Waals surface area contributed by atoms with Gasteiger partial charge in [-0.05, 0) is 33.1 Å². The highest BCUT2D eigenvalue weighted by atomic mass is 35.5. The van der Waals surface area contributed by atoms with Crippen molar-refractivity contribution in [2.24, 2.45) is 0 Å². The van der Waals surface area contributed by atoms with Crippen molar-refractivity contribution in [3.8, 4) is 0 Å². The molecule has 0 saturated heterocycles. The van der Waals surface area contributed by atoms with E-state index in [-0.39, 0.29) is 16.4 Å². The Morgan fingerprint density at radius 2 is 1.79 bits per heavy atom. The average Bonchev–Trinajstić information content (AvgIpc) is 2.04. The Hall–Kier alpha value is 0.240. The molecule has 1 atom stereocenters. The third-order valence-electron chi connectivity index (χ3n) is 2.27. The Morgan fingerprint density at radius 3 is 2.21 bits per heavy atom. The lowest BCUT2D eigenvalue weighted by Crippen LogP contribution is -2.18. The Kier molecular flexibility index (Phi) is 6.79. The Morgan fingerprint density at radius 1 is 1.21 bits per heavy atom. The molecule has 0 fully saturated rings. The van der Waals surface area contributed by atoms with Crippen molar-refractivity contribution >= 4 is 21.4 Å². The number of hydrogen-bond acceptors (Lipinski definition) is 2. The zero-order chi connectivity index (χ0) is 11.2. The molecule has 0 amide bonds. The molecule has 0 aliphatic rings. The smallest absolute Gasteiger partial charge is 0.152 e. The second kappa shape index (κ2) is 6.67. The van der Waals surface area contributed by atoms with Crippen LogP contribution < -0.4 is 0 Å². The fourth-order valence-corrected chi connectivity index (χ4v) is 2.61. The molecule has 0 aliphatic carbocycles. The van der Waals surface area contributed by atoms with Gasteiger partial charge in [0, 0.05) is 5.38 Å². The van der Waals surface area contributed by atoms with Gasteiger partial charge in [-0.2, -0.15) is 0 Å². The molecule has 0 saturated carbocycles. The van der Waals surface area contributed by atoms with Gasteiger partial charge in [-0.15, -0.1) is 11.6 Å².